The van der Waals surface area contributed by atoms with Crippen LogP contribution in [0.15, 0.2) is 0 Å². The maximum Gasteiger partial charge on any atom is 0.00670 e. The Labute approximate surface area is 129 Å². The van der Waals surface area contributed by atoms with Gasteiger partial charge >= 0.3 is 0 Å². The summed E-state index contributed by atoms with van der Waals surface area (Å²) in [5.41, 5.74) is 0. The van der Waals surface area contributed by atoms with Crippen LogP contribution in [-0.2, 0) is 0 Å². The lowest BCUT2D eigenvalue weighted by Gasteiger charge is -2.18. The van der Waals surface area contributed by atoms with Crippen LogP contribution in [0.25, 0.3) is 0 Å². The number of hydrogen-bond acceptors (Lipinski definition) is 1. The van der Waals surface area contributed by atoms with Gasteiger partial charge < -0.3 is 5.32 Å². The van der Waals surface area contributed by atoms with E-state index in [0.717, 1.165) is 6.04 Å². The molecule has 0 saturated carbocycles. The Morgan fingerprint density at radius 3 is 1.55 bits per heavy atom. The third kappa shape index (κ3) is 14.4. The van der Waals surface area contributed by atoms with E-state index in [1.54, 1.807) is 0 Å². The molecule has 1 nitrogen and oxygen atoms in total. The normalized spacial score (nSPS) is 12.8. The predicted octanol–water partition coefficient (Wildman–Crippen LogP) is 6.47. The summed E-state index contributed by atoms with van der Waals surface area (Å²) in [4.78, 5) is 0. The molecule has 0 aromatic rings. The second-order valence-electron chi connectivity index (χ2n) is 6.41. The highest BCUT2D eigenvalue weighted by molar-refractivity contribution is 4.67. The van der Waals surface area contributed by atoms with Gasteiger partial charge in [-0.1, -0.05) is 91.4 Å². The lowest BCUT2D eigenvalue weighted by atomic mass is 10.0. The van der Waals surface area contributed by atoms with Crippen molar-refractivity contribution in [2.24, 2.45) is 0 Å². The van der Waals surface area contributed by atoms with Crippen molar-refractivity contribution in [2.45, 2.75) is 117 Å². The summed E-state index contributed by atoms with van der Waals surface area (Å²) < 4.78 is 0. The molecule has 0 aromatic carbocycles. The van der Waals surface area contributed by atoms with Crippen molar-refractivity contribution >= 4 is 0 Å². The Kier molecular flexibility index (Phi) is 17.0. The van der Waals surface area contributed by atoms with E-state index in [0.29, 0.717) is 0 Å². The summed E-state index contributed by atoms with van der Waals surface area (Å²) in [5, 5.41) is 3.75. The van der Waals surface area contributed by atoms with Crippen molar-refractivity contribution in [3.63, 3.8) is 0 Å². The number of unbranched alkanes of at least 4 members (excludes halogenated alkanes) is 9. The van der Waals surface area contributed by atoms with Crippen LogP contribution in [-0.4, -0.2) is 12.6 Å². The summed E-state index contributed by atoms with van der Waals surface area (Å²) >= 11 is 0. The molecule has 122 valence electrons. The average Bonchev–Trinajstić information content (AvgIpc) is 2.47. The Morgan fingerprint density at radius 1 is 0.550 bits per heavy atom. The highest BCUT2D eigenvalue weighted by atomic mass is 14.9. The fourth-order valence-electron chi connectivity index (χ4n) is 2.86. The molecule has 0 amide bonds. The van der Waals surface area contributed by atoms with Crippen LogP contribution in [0, 0.1) is 0 Å². The van der Waals surface area contributed by atoms with Crippen molar-refractivity contribution in [1.82, 2.24) is 5.32 Å². The zero-order chi connectivity index (χ0) is 14.9. The molecule has 0 fully saturated rings. The van der Waals surface area contributed by atoms with Gasteiger partial charge in [0.15, 0.2) is 0 Å². The molecule has 0 aliphatic rings. The average molecular weight is 284 g/mol. The molecular formula is C19H41N. The quantitative estimate of drug-likeness (QED) is 0.320. The van der Waals surface area contributed by atoms with E-state index < -0.39 is 0 Å². The monoisotopic (exact) mass is 283 g/mol. The smallest absolute Gasteiger partial charge is 0.00670 e. The van der Waals surface area contributed by atoms with Crippen LogP contribution < -0.4 is 5.32 Å². The van der Waals surface area contributed by atoms with Crippen LogP contribution >= 0.6 is 0 Å². The first-order valence-electron chi connectivity index (χ1n) is 9.58. The van der Waals surface area contributed by atoms with Crippen molar-refractivity contribution in [3.05, 3.63) is 0 Å². The number of nitrogens with one attached hydrogen (secondary N) is 1. The van der Waals surface area contributed by atoms with Gasteiger partial charge in [-0.15, -0.1) is 0 Å². The largest absolute Gasteiger partial charge is 0.314 e. The second-order valence-corrected chi connectivity index (χ2v) is 6.41. The molecule has 0 aliphatic heterocycles. The minimum absolute atomic E-state index is 0.793. The van der Waals surface area contributed by atoms with Crippen LogP contribution in [0.3, 0.4) is 0 Å². The van der Waals surface area contributed by atoms with Crippen LogP contribution in [0.1, 0.15) is 111 Å². The van der Waals surface area contributed by atoms with E-state index in [-0.39, 0.29) is 0 Å². The summed E-state index contributed by atoms with van der Waals surface area (Å²) in [7, 11) is 0. The molecular weight excluding hydrogens is 242 g/mol. The molecule has 1 N–H and O–H groups in total. The van der Waals surface area contributed by atoms with Crippen molar-refractivity contribution in [1.29, 1.82) is 0 Å². The summed E-state index contributed by atoms with van der Waals surface area (Å²) in [6.45, 7) is 8.06. The standard InChI is InChI=1S/C19H41N/c1-4-7-9-10-11-12-13-15-17-19(20-18-6-3)16-14-8-5-2/h19-20H,4-18H2,1-3H3. The Bertz CT molecular complexity index is 167. The van der Waals surface area contributed by atoms with Crippen molar-refractivity contribution < 1.29 is 0 Å². The van der Waals surface area contributed by atoms with Crippen molar-refractivity contribution in [3.8, 4) is 0 Å². The van der Waals surface area contributed by atoms with Gasteiger partial charge in [0.05, 0.1) is 0 Å². The first-order valence-corrected chi connectivity index (χ1v) is 9.58. The fraction of sp³-hybridized carbons (Fsp3) is 1.00. The Balaban J connectivity index is 3.46. The molecule has 20 heavy (non-hydrogen) atoms. The van der Waals surface area contributed by atoms with Gasteiger partial charge in [0, 0.05) is 6.04 Å². The van der Waals surface area contributed by atoms with Gasteiger partial charge in [-0.25, -0.2) is 0 Å². The zero-order valence-corrected chi connectivity index (χ0v) is 14.7. The van der Waals surface area contributed by atoms with Gasteiger partial charge in [-0.2, -0.15) is 0 Å². The summed E-state index contributed by atoms with van der Waals surface area (Å²) in [5.74, 6) is 0. The minimum Gasteiger partial charge on any atom is -0.314 e. The van der Waals surface area contributed by atoms with Crippen LogP contribution in [0.5, 0.6) is 0 Å². The van der Waals surface area contributed by atoms with Gasteiger partial charge in [0.25, 0.3) is 0 Å². The number of hydrogen-bond donors (Lipinski definition) is 1. The minimum atomic E-state index is 0.793. The lowest BCUT2D eigenvalue weighted by Crippen LogP contribution is -2.29. The van der Waals surface area contributed by atoms with Gasteiger partial charge in [0.1, 0.15) is 0 Å². The molecule has 0 bridgehead atoms. The highest BCUT2D eigenvalue weighted by Gasteiger charge is 2.06. The Morgan fingerprint density at radius 2 is 1.00 bits per heavy atom. The van der Waals surface area contributed by atoms with E-state index in [4.69, 9.17) is 0 Å². The topological polar surface area (TPSA) is 12.0 Å². The van der Waals surface area contributed by atoms with E-state index >= 15 is 0 Å². The van der Waals surface area contributed by atoms with E-state index in [9.17, 15) is 0 Å². The highest BCUT2D eigenvalue weighted by Crippen LogP contribution is 2.13. The molecule has 0 aliphatic carbocycles. The molecule has 1 heteroatoms. The first-order chi connectivity index (χ1) is 9.85. The lowest BCUT2D eigenvalue weighted by molar-refractivity contribution is 0.415. The van der Waals surface area contributed by atoms with Crippen LogP contribution in [0.4, 0.5) is 0 Å². The third-order valence-electron chi connectivity index (χ3n) is 4.25. The van der Waals surface area contributed by atoms with Gasteiger partial charge in [-0.3, -0.25) is 0 Å². The molecule has 1 atom stereocenters. The van der Waals surface area contributed by atoms with Gasteiger partial charge in [0.2, 0.25) is 0 Å². The molecule has 0 spiro atoms. The molecule has 0 heterocycles. The Hall–Kier alpha value is -0.0400. The van der Waals surface area contributed by atoms with E-state index in [2.05, 4.69) is 26.1 Å². The molecule has 0 radical (unpaired) electrons. The van der Waals surface area contributed by atoms with Gasteiger partial charge in [-0.05, 0) is 25.8 Å². The second kappa shape index (κ2) is 17.0. The fourth-order valence-corrected chi connectivity index (χ4v) is 2.86. The van der Waals surface area contributed by atoms with E-state index in [1.807, 2.05) is 0 Å². The maximum atomic E-state index is 3.75. The maximum absolute atomic E-state index is 3.75. The molecule has 1 unspecified atom stereocenters. The summed E-state index contributed by atoms with van der Waals surface area (Å²) in [6.07, 6.45) is 19.7. The molecule has 0 aromatic heterocycles. The zero-order valence-electron chi connectivity index (χ0n) is 14.7. The number of rotatable bonds is 16. The SMILES string of the molecule is CCCCCCCCCCC(CCCCC)NCCC. The third-order valence-corrected chi connectivity index (χ3v) is 4.25. The molecule has 0 saturated heterocycles. The first kappa shape index (κ1) is 20.0. The predicted molar refractivity (Wildman–Crippen MR) is 93.5 cm³/mol. The molecule has 0 rings (SSSR count). The van der Waals surface area contributed by atoms with E-state index in [1.165, 1.54) is 96.4 Å². The van der Waals surface area contributed by atoms with Crippen LogP contribution in [0.2, 0.25) is 0 Å². The summed E-state index contributed by atoms with van der Waals surface area (Å²) in [6, 6.07) is 0.793. The van der Waals surface area contributed by atoms with Crippen molar-refractivity contribution in [2.75, 3.05) is 6.54 Å².